The zero-order valence-electron chi connectivity index (χ0n) is 12.0. The fraction of sp³-hybridized carbons (Fsp3) is 0.533. The van der Waals surface area contributed by atoms with Crippen LogP contribution in [0.5, 0.6) is 0 Å². The number of likely N-dealkylation sites (tertiary alicyclic amines) is 1. The summed E-state index contributed by atoms with van der Waals surface area (Å²) >= 11 is 1.68. The van der Waals surface area contributed by atoms with Crippen molar-refractivity contribution in [3.05, 3.63) is 44.3 Å². The Morgan fingerprint density at radius 1 is 1.29 bits per heavy atom. The summed E-state index contributed by atoms with van der Waals surface area (Å²) in [5.74, 6) is 1.05. The molecule has 0 aliphatic carbocycles. The van der Waals surface area contributed by atoms with Crippen molar-refractivity contribution in [2.24, 2.45) is 5.92 Å². The molecule has 2 bridgehead atoms. The third-order valence-electron chi connectivity index (χ3n) is 4.48. The Hall–Kier alpha value is -1.53. The quantitative estimate of drug-likeness (QED) is 0.846. The second kappa shape index (κ2) is 5.03. The van der Waals surface area contributed by atoms with Gasteiger partial charge in [0.1, 0.15) is 10.0 Å². The summed E-state index contributed by atoms with van der Waals surface area (Å²) < 4.78 is 1.98. The summed E-state index contributed by atoms with van der Waals surface area (Å²) in [6.45, 7) is 5.80. The Morgan fingerprint density at radius 2 is 2.19 bits per heavy atom. The monoisotopic (exact) mass is 302 g/mol. The summed E-state index contributed by atoms with van der Waals surface area (Å²) in [7, 11) is 0. The molecule has 2 aromatic rings. The van der Waals surface area contributed by atoms with Crippen LogP contribution in [0.4, 0.5) is 0 Å². The van der Waals surface area contributed by atoms with Crippen molar-refractivity contribution in [2.75, 3.05) is 13.1 Å². The first kappa shape index (κ1) is 13.2. The van der Waals surface area contributed by atoms with Crippen molar-refractivity contribution in [3.8, 4) is 0 Å². The first-order valence-corrected chi connectivity index (χ1v) is 8.22. The average Bonchev–Trinajstić information content (AvgIpc) is 2.85. The van der Waals surface area contributed by atoms with Gasteiger partial charge in [0.05, 0.1) is 6.54 Å². The van der Waals surface area contributed by atoms with Crippen LogP contribution in [0, 0.1) is 12.8 Å². The molecule has 0 aromatic carbocycles. The third kappa shape index (κ3) is 2.42. The highest BCUT2D eigenvalue weighted by atomic mass is 32.1. The summed E-state index contributed by atoms with van der Waals surface area (Å²) in [6, 6.07) is 5.68. The lowest BCUT2D eigenvalue weighted by molar-refractivity contribution is 0.114. The van der Waals surface area contributed by atoms with Crippen LogP contribution in [-0.4, -0.2) is 32.8 Å². The van der Waals surface area contributed by atoms with Gasteiger partial charge >= 0.3 is 0 Å². The molecule has 2 atom stereocenters. The van der Waals surface area contributed by atoms with Crippen LogP contribution in [0.3, 0.4) is 0 Å². The van der Waals surface area contributed by atoms with E-state index in [4.69, 9.17) is 0 Å². The van der Waals surface area contributed by atoms with Gasteiger partial charge in [-0.3, -0.25) is 9.69 Å². The molecule has 1 fully saturated rings. The van der Waals surface area contributed by atoms with Gasteiger partial charge in [0, 0.05) is 37.3 Å². The summed E-state index contributed by atoms with van der Waals surface area (Å²) in [6.07, 6.45) is 1.20. The van der Waals surface area contributed by atoms with E-state index in [9.17, 15) is 4.79 Å². The number of nitrogens with zero attached hydrogens (tertiary/aromatic N) is 4. The van der Waals surface area contributed by atoms with E-state index in [1.165, 1.54) is 12.1 Å². The van der Waals surface area contributed by atoms with Crippen LogP contribution < -0.4 is 5.56 Å². The van der Waals surface area contributed by atoms with Crippen molar-refractivity contribution >= 4 is 11.3 Å². The lowest BCUT2D eigenvalue weighted by Crippen LogP contribution is -2.46. The van der Waals surface area contributed by atoms with Gasteiger partial charge in [0.2, 0.25) is 0 Å². The van der Waals surface area contributed by atoms with E-state index in [1.807, 2.05) is 17.6 Å². The van der Waals surface area contributed by atoms with E-state index < -0.39 is 0 Å². The highest BCUT2D eigenvalue weighted by Gasteiger charge is 2.34. The summed E-state index contributed by atoms with van der Waals surface area (Å²) in [4.78, 5) is 14.5. The Balaban J connectivity index is 1.58. The Bertz CT molecular complexity index is 722. The Kier molecular flexibility index (Phi) is 3.15. The molecule has 4 heterocycles. The number of rotatable bonds is 2. The molecule has 0 N–H and O–H groups in total. The van der Waals surface area contributed by atoms with Crippen molar-refractivity contribution in [1.29, 1.82) is 0 Å². The van der Waals surface area contributed by atoms with Gasteiger partial charge in [-0.15, -0.1) is 21.5 Å². The van der Waals surface area contributed by atoms with E-state index in [0.717, 1.165) is 36.2 Å². The van der Waals surface area contributed by atoms with Crippen LogP contribution in [0.1, 0.15) is 28.0 Å². The van der Waals surface area contributed by atoms with Crippen LogP contribution in [0.25, 0.3) is 0 Å². The molecule has 1 saturated heterocycles. The molecule has 4 rings (SSSR count). The maximum atomic E-state index is 12.0. The molecule has 110 valence electrons. The molecule has 0 radical (unpaired) electrons. The molecule has 5 nitrogen and oxygen atoms in total. The van der Waals surface area contributed by atoms with E-state index in [-0.39, 0.29) is 5.56 Å². The molecule has 0 amide bonds. The molecule has 2 aliphatic heterocycles. The zero-order valence-corrected chi connectivity index (χ0v) is 12.8. The highest BCUT2D eigenvalue weighted by molar-refractivity contribution is 7.11. The van der Waals surface area contributed by atoms with Crippen LogP contribution in [-0.2, 0) is 13.1 Å². The first-order valence-electron chi connectivity index (χ1n) is 7.40. The second-order valence-corrected chi connectivity index (χ2v) is 7.37. The minimum atomic E-state index is 0.149. The molecule has 2 aromatic heterocycles. The number of pyridine rings is 1. The van der Waals surface area contributed by atoms with Gasteiger partial charge < -0.3 is 4.57 Å². The predicted molar refractivity (Wildman–Crippen MR) is 81.5 cm³/mol. The Morgan fingerprint density at radius 3 is 3.00 bits per heavy atom. The van der Waals surface area contributed by atoms with Gasteiger partial charge in [0.15, 0.2) is 0 Å². The summed E-state index contributed by atoms with van der Waals surface area (Å²) in [5.41, 5.74) is 1.35. The van der Waals surface area contributed by atoms with Crippen LogP contribution in [0.15, 0.2) is 23.0 Å². The fourth-order valence-corrected chi connectivity index (χ4v) is 4.47. The van der Waals surface area contributed by atoms with Gasteiger partial charge in [-0.2, -0.15) is 0 Å². The number of fused-ring (bicyclic) bond motifs is 4. The van der Waals surface area contributed by atoms with Crippen molar-refractivity contribution < 1.29 is 0 Å². The lowest BCUT2D eigenvalue weighted by Gasteiger charge is -2.42. The van der Waals surface area contributed by atoms with Gasteiger partial charge in [0.25, 0.3) is 5.56 Å². The molecular formula is C15H18N4OS. The standard InChI is InChI=1S/C15H18N4OS/c1-10-16-17-14(21-10)9-18-6-11-5-12(8-18)13-3-2-4-15(20)19(13)7-11/h2-4,11-12H,5-9H2,1H3/t11-,12+/m0/s1. The fourth-order valence-electron chi connectivity index (χ4n) is 3.72. The van der Waals surface area contributed by atoms with E-state index in [1.54, 1.807) is 17.4 Å². The van der Waals surface area contributed by atoms with Crippen molar-refractivity contribution in [3.63, 3.8) is 0 Å². The molecule has 21 heavy (non-hydrogen) atoms. The van der Waals surface area contributed by atoms with Crippen LogP contribution in [0.2, 0.25) is 0 Å². The molecule has 6 heteroatoms. The largest absolute Gasteiger partial charge is 0.312 e. The van der Waals surface area contributed by atoms with Gasteiger partial charge in [-0.1, -0.05) is 6.07 Å². The Labute approximate surface area is 127 Å². The maximum absolute atomic E-state index is 12.0. The van der Waals surface area contributed by atoms with Crippen LogP contribution >= 0.6 is 11.3 Å². The molecule has 0 spiro atoms. The second-order valence-electron chi connectivity index (χ2n) is 6.11. The minimum absolute atomic E-state index is 0.149. The SMILES string of the molecule is Cc1nnc(CN2C[C@@H]3C[C@H](C2)c2cccc(=O)n2C3)s1. The average molecular weight is 302 g/mol. The van der Waals surface area contributed by atoms with E-state index >= 15 is 0 Å². The van der Waals surface area contributed by atoms with E-state index in [2.05, 4.69) is 21.2 Å². The normalized spacial score (nSPS) is 24.8. The number of aromatic nitrogens is 3. The van der Waals surface area contributed by atoms with Crippen molar-refractivity contribution in [1.82, 2.24) is 19.7 Å². The zero-order chi connectivity index (χ0) is 14.4. The van der Waals surface area contributed by atoms with E-state index in [0.29, 0.717) is 11.8 Å². The lowest BCUT2D eigenvalue weighted by atomic mass is 9.83. The van der Waals surface area contributed by atoms with Gasteiger partial charge in [-0.05, 0) is 25.3 Å². The first-order chi connectivity index (χ1) is 10.2. The van der Waals surface area contributed by atoms with Crippen molar-refractivity contribution in [2.45, 2.75) is 32.4 Å². The molecule has 0 saturated carbocycles. The smallest absolute Gasteiger partial charge is 0.250 e. The minimum Gasteiger partial charge on any atom is -0.312 e. The molecular weight excluding hydrogens is 284 g/mol. The number of hydrogen-bond donors (Lipinski definition) is 0. The maximum Gasteiger partial charge on any atom is 0.250 e. The summed E-state index contributed by atoms with van der Waals surface area (Å²) in [5, 5.41) is 10.5. The van der Waals surface area contributed by atoms with Gasteiger partial charge in [-0.25, -0.2) is 0 Å². The number of hydrogen-bond acceptors (Lipinski definition) is 5. The molecule has 2 aliphatic rings. The highest BCUT2D eigenvalue weighted by Crippen LogP contribution is 2.35. The topological polar surface area (TPSA) is 51.0 Å². The predicted octanol–water partition coefficient (Wildman–Crippen LogP) is 1.63. The number of piperidine rings is 1. The third-order valence-corrected chi connectivity index (χ3v) is 5.31. The number of aryl methyl sites for hydroxylation is 1. The molecule has 0 unspecified atom stereocenters.